The summed E-state index contributed by atoms with van der Waals surface area (Å²) in [5.41, 5.74) is 5.70. The summed E-state index contributed by atoms with van der Waals surface area (Å²) in [5.74, 6) is 0.686. The number of Topliss-reactive ketones (excluding diaryl/α,β-unsaturated/α-hetero) is 1. The molecule has 0 amide bonds. The molecule has 2 nitrogen and oxygen atoms in total. The van der Waals surface area contributed by atoms with Gasteiger partial charge in [-0.3, -0.25) is 4.79 Å². The first-order valence-corrected chi connectivity index (χ1v) is 7.36. The van der Waals surface area contributed by atoms with Crippen molar-refractivity contribution in [2.45, 2.75) is 84.6 Å². The number of hydrogen-bond donors (Lipinski definition) is 1. The molecule has 0 saturated carbocycles. The molecule has 0 heterocycles. The Morgan fingerprint density at radius 3 is 2.24 bits per heavy atom. The smallest absolute Gasteiger partial charge is 0.135 e. The standard InChI is InChI=1S/C15H31NO/c1-4-5-6-7-8-12-15(17)13(2)10-9-11-14(3)16/h13-14H,4-12,16H2,1-3H3. The average molecular weight is 241 g/mol. The van der Waals surface area contributed by atoms with Crippen molar-refractivity contribution in [2.24, 2.45) is 11.7 Å². The van der Waals surface area contributed by atoms with Crippen molar-refractivity contribution < 1.29 is 4.79 Å². The lowest BCUT2D eigenvalue weighted by Crippen LogP contribution is -2.16. The number of unbranched alkanes of at least 4 members (excludes halogenated alkanes) is 4. The lowest BCUT2D eigenvalue weighted by atomic mass is 9.94. The molecule has 2 unspecified atom stereocenters. The van der Waals surface area contributed by atoms with Crippen LogP contribution in [0.2, 0.25) is 0 Å². The summed E-state index contributed by atoms with van der Waals surface area (Å²) in [6.07, 6.45) is 10.1. The third-order valence-corrected chi connectivity index (χ3v) is 3.37. The van der Waals surface area contributed by atoms with E-state index in [0.29, 0.717) is 5.78 Å². The molecule has 0 radical (unpaired) electrons. The highest BCUT2D eigenvalue weighted by atomic mass is 16.1. The summed E-state index contributed by atoms with van der Waals surface area (Å²) in [7, 11) is 0. The van der Waals surface area contributed by atoms with Crippen molar-refractivity contribution >= 4 is 5.78 Å². The van der Waals surface area contributed by atoms with Crippen LogP contribution in [-0.4, -0.2) is 11.8 Å². The predicted octanol–water partition coefficient (Wildman–Crippen LogP) is 4.07. The van der Waals surface area contributed by atoms with Gasteiger partial charge in [0.25, 0.3) is 0 Å². The minimum absolute atomic E-state index is 0.236. The zero-order chi connectivity index (χ0) is 13.1. The minimum atomic E-state index is 0.236. The van der Waals surface area contributed by atoms with Gasteiger partial charge in [0.2, 0.25) is 0 Å². The molecule has 0 aromatic heterocycles. The Labute approximate surface area is 107 Å². The van der Waals surface area contributed by atoms with Crippen LogP contribution in [0, 0.1) is 5.92 Å². The highest BCUT2D eigenvalue weighted by molar-refractivity contribution is 5.80. The lowest BCUT2D eigenvalue weighted by Gasteiger charge is -2.11. The Bertz CT molecular complexity index is 189. The molecular weight excluding hydrogens is 210 g/mol. The first-order valence-electron chi connectivity index (χ1n) is 7.36. The molecule has 17 heavy (non-hydrogen) atoms. The van der Waals surface area contributed by atoms with Crippen LogP contribution in [0.3, 0.4) is 0 Å². The van der Waals surface area contributed by atoms with Crippen molar-refractivity contribution in [3.8, 4) is 0 Å². The molecule has 102 valence electrons. The van der Waals surface area contributed by atoms with Crippen molar-refractivity contribution in [2.75, 3.05) is 0 Å². The summed E-state index contributed by atoms with van der Waals surface area (Å²) >= 11 is 0. The van der Waals surface area contributed by atoms with Crippen molar-refractivity contribution in [1.82, 2.24) is 0 Å². The van der Waals surface area contributed by atoms with Crippen molar-refractivity contribution in [3.05, 3.63) is 0 Å². The van der Waals surface area contributed by atoms with Crippen LogP contribution in [0.25, 0.3) is 0 Å². The maximum atomic E-state index is 11.8. The number of ketones is 1. The largest absolute Gasteiger partial charge is 0.328 e. The second-order valence-electron chi connectivity index (χ2n) is 5.44. The van der Waals surface area contributed by atoms with E-state index in [0.717, 1.165) is 32.1 Å². The van der Waals surface area contributed by atoms with Gasteiger partial charge in [0, 0.05) is 18.4 Å². The van der Waals surface area contributed by atoms with E-state index >= 15 is 0 Å². The third-order valence-electron chi connectivity index (χ3n) is 3.37. The fourth-order valence-corrected chi connectivity index (χ4v) is 2.06. The number of nitrogens with two attached hydrogens (primary N) is 1. The topological polar surface area (TPSA) is 43.1 Å². The van der Waals surface area contributed by atoms with E-state index in [2.05, 4.69) is 13.8 Å². The van der Waals surface area contributed by atoms with Gasteiger partial charge in [-0.05, 0) is 26.2 Å². The van der Waals surface area contributed by atoms with Gasteiger partial charge in [-0.1, -0.05) is 46.0 Å². The van der Waals surface area contributed by atoms with Gasteiger partial charge in [0.15, 0.2) is 0 Å². The van der Waals surface area contributed by atoms with Gasteiger partial charge >= 0.3 is 0 Å². The van der Waals surface area contributed by atoms with Crippen LogP contribution in [0.15, 0.2) is 0 Å². The van der Waals surface area contributed by atoms with E-state index in [1.54, 1.807) is 0 Å². The summed E-state index contributed by atoms with van der Waals surface area (Å²) < 4.78 is 0. The van der Waals surface area contributed by atoms with Gasteiger partial charge in [0.05, 0.1) is 0 Å². The first kappa shape index (κ1) is 16.6. The molecule has 0 rings (SSSR count). The normalized spacial score (nSPS) is 14.6. The summed E-state index contributed by atoms with van der Waals surface area (Å²) in [6, 6.07) is 0.270. The predicted molar refractivity (Wildman–Crippen MR) is 75.0 cm³/mol. The summed E-state index contributed by atoms with van der Waals surface area (Å²) in [5, 5.41) is 0. The van der Waals surface area contributed by atoms with Gasteiger partial charge in [0.1, 0.15) is 5.78 Å². The van der Waals surface area contributed by atoms with Gasteiger partial charge in [-0.25, -0.2) is 0 Å². The molecule has 0 spiro atoms. The van der Waals surface area contributed by atoms with Crippen LogP contribution in [0.1, 0.15) is 78.6 Å². The molecule has 0 aliphatic rings. The van der Waals surface area contributed by atoms with Gasteiger partial charge in [-0.2, -0.15) is 0 Å². The maximum Gasteiger partial charge on any atom is 0.135 e. The van der Waals surface area contributed by atoms with Crippen LogP contribution in [-0.2, 0) is 4.79 Å². The molecule has 2 atom stereocenters. The Morgan fingerprint density at radius 2 is 1.65 bits per heavy atom. The van der Waals surface area contributed by atoms with Gasteiger partial charge in [-0.15, -0.1) is 0 Å². The van der Waals surface area contributed by atoms with E-state index in [1.807, 2.05) is 6.92 Å². The quantitative estimate of drug-likeness (QED) is 0.554. The highest BCUT2D eigenvalue weighted by Crippen LogP contribution is 2.14. The molecule has 2 N–H and O–H groups in total. The maximum absolute atomic E-state index is 11.8. The summed E-state index contributed by atoms with van der Waals surface area (Å²) in [4.78, 5) is 11.8. The van der Waals surface area contributed by atoms with Crippen LogP contribution in [0.5, 0.6) is 0 Å². The fraction of sp³-hybridized carbons (Fsp3) is 0.933. The second-order valence-corrected chi connectivity index (χ2v) is 5.44. The molecule has 0 saturated heterocycles. The first-order chi connectivity index (χ1) is 8.07. The SMILES string of the molecule is CCCCCCCC(=O)C(C)CCCC(C)N. The molecule has 0 aliphatic carbocycles. The van der Waals surface area contributed by atoms with Crippen LogP contribution >= 0.6 is 0 Å². The van der Waals surface area contributed by atoms with Crippen LogP contribution in [0.4, 0.5) is 0 Å². The van der Waals surface area contributed by atoms with Gasteiger partial charge < -0.3 is 5.73 Å². The Balaban J connectivity index is 3.47. The highest BCUT2D eigenvalue weighted by Gasteiger charge is 2.12. The van der Waals surface area contributed by atoms with E-state index in [4.69, 9.17) is 5.73 Å². The Kier molecular flexibility index (Phi) is 10.5. The van der Waals surface area contributed by atoms with Crippen molar-refractivity contribution in [1.29, 1.82) is 0 Å². The number of hydrogen-bond acceptors (Lipinski definition) is 2. The van der Waals surface area contributed by atoms with Crippen molar-refractivity contribution in [3.63, 3.8) is 0 Å². The monoisotopic (exact) mass is 241 g/mol. The zero-order valence-corrected chi connectivity index (χ0v) is 12.0. The average Bonchev–Trinajstić information content (AvgIpc) is 2.27. The third kappa shape index (κ3) is 10.5. The lowest BCUT2D eigenvalue weighted by molar-refractivity contribution is -0.122. The fourth-order valence-electron chi connectivity index (χ4n) is 2.06. The van der Waals surface area contributed by atoms with Crippen LogP contribution < -0.4 is 5.73 Å². The molecule has 0 bridgehead atoms. The Morgan fingerprint density at radius 1 is 1.00 bits per heavy atom. The molecule has 0 aromatic carbocycles. The molecule has 0 aliphatic heterocycles. The van der Waals surface area contributed by atoms with E-state index < -0.39 is 0 Å². The van der Waals surface area contributed by atoms with E-state index in [1.165, 1.54) is 25.7 Å². The molecule has 2 heteroatoms. The molecule has 0 fully saturated rings. The minimum Gasteiger partial charge on any atom is -0.328 e. The number of rotatable bonds is 11. The second kappa shape index (κ2) is 10.8. The molecular formula is C15H31NO. The van der Waals surface area contributed by atoms with E-state index in [-0.39, 0.29) is 12.0 Å². The summed E-state index contributed by atoms with van der Waals surface area (Å²) in [6.45, 7) is 6.31. The Hall–Kier alpha value is -0.370. The molecule has 0 aromatic rings. The number of carbonyl (C=O) groups is 1. The van der Waals surface area contributed by atoms with E-state index in [9.17, 15) is 4.79 Å². The zero-order valence-electron chi connectivity index (χ0n) is 12.0. The number of carbonyl (C=O) groups excluding carboxylic acids is 1.